The summed E-state index contributed by atoms with van der Waals surface area (Å²) in [6.45, 7) is 0. The van der Waals surface area contributed by atoms with Crippen molar-refractivity contribution in [3.05, 3.63) is 104 Å². The Morgan fingerprint density at radius 3 is 1.26 bits per heavy atom. The highest BCUT2D eigenvalue weighted by molar-refractivity contribution is 14.1. The van der Waals surface area contributed by atoms with Gasteiger partial charge in [0.15, 0.2) is 0 Å². The van der Waals surface area contributed by atoms with E-state index in [2.05, 4.69) is 106 Å². The van der Waals surface area contributed by atoms with Crippen LogP contribution in [0.2, 0.25) is 0 Å². The van der Waals surface area contributed by atoms with Crippen molar-refractivity contribution in [2.24, 2.45) is 0 Å². The zero-order chi connectivity index (χ0) is 18.6. The van der Waals surface area contributed by atoms with E-state index < -0.39 is 0 Å². The molecule has 27 heavy (non-hydrogen) atoms. The molecule has 0 amide bonds. The van der Waals surface area contributed by atoms with Crippen LogP contribution in [0.5, 0.6) is 11.5 Å². The summed E-state index contributed by atoms with van der Waals surface area (Å²) >= 11 is 4.75. The van der Waals surface area contributed by atoms with Gasteiger partial charge in [0.1, 0.15) is 11.5 Å². The van der Waals surface area contributed by atoms with Gasteiger partial charge in [0, 0.05) is 0 Å². The van der Waals surface area contributed by atoms with Gasteiger partial charge >= 0.3 is 0 Å². The highest BCUT2D eigenvalue weighted by atomic mass is 127. The summed E-state index contributed by atoms with van der Waals surface area (Å²) in [7, 11) is 0. The first-order chi connectivity index (χ1) is 13.2. The molecule has 4 aromatic carbocycles. The van der Waals surface area contributed by atoms with E-state index in [1.807, 2.05) is 36.4 Å². The van der Waals surface area contributed by atoms with Crippen molar-refractivity contribution in [3.63, 3.8) is 0 Å². The predicted octanol–water partition coefficient (Wildman–Crippen LogP) is 8.02. The van der Waals surface area contributed by atoms with Crippen molar-refractivity contribution in [3.8, 4) is 33.8 Å². The van der Waals surface area contributed by atoms with Crippen LogP contribution in [0, 0.1) is 7.14 Å². The minimum absolute atomic E-state index is 0.875. The van der Waals surface area contributed by atoms with Crippen LogP contribution < -0.4 is 4.74 Å². The molecule has 0 unspecified atom stereocenters. The van der Waals surface area contributed by atoms with Crippen molar-refractivity contribution < 1.29 is 4.74 Å². The summed E-state index contributed by atoms with van der Waals surface area (Å²) in [5.74, 6) is 1.75. The summed E-state index contributed by atoms with van der Waals surface area (Å²) in [5, 5.41) is 0. The Hall–Kier alpha value is -1.86. The first kappa shape index (κ1) is 18.5. The quantitative estimate of drug-likeness (QED) is 0.225. The smallest absolute Gasteiger partial charge is 0.141 e. The summed E-state index contributed by atoms with van der Waals surface area (Å²) in [6, 6.07) is 33.2. The lowest BCUT2D eigenvalue weighted by Gasteiger charge is -2.14. The molecular weight excluding hydrogens is 558 g/mol. The zero-order valence-electron chi connectivity index (χ0n) is 14.4. The van der Waals surface area contributed by atoms with Gasteiger partial charge in [-0.15, -0.1) is 0 Å². The van der Waals surface area contributed by atoms with Crippen molar-refractivity contribution in [2.45, 2.75) is 0 Å². The molecule has 4 aromatic rings. The number of ether oxygens (including phenoxy) is 1. The number of rotatable bonds is 4. The van der Waals surface area contributed by atoms with Crippen LogP contribution in [-0.4, -0.2) is 0 Å². The molecule has 132 valence electrons. The molecule has 1 nitrogen and oxygen atoms in total. The Bertz CT molecular complexity index is 973. The Morgan fingerprint density at radius 2 is 0.852 bits per heavy atom. The maximum atomic E-state index is 6.35. The van der Waals surface area contributed by atoms with E-state index in [1.165, 1.54) is 22.3 Å². The SMILES string of the molecule is Ic1c(Oc2cccc(-c3ccccc3)c2I)cccc1-c1ccccc1. The largest absolute Gasteiger partial charge is 0.455 e. The summed E-state index contributed by atoms with van der Waals surface area (Å²) < 4.78 is 8.58. The molecule has 0 saturated heterocycles. The van der Waals surface area contributed by atoms with Gasteiger partial charge in [-0.05, 0) is 79.6 Å². The molecule has 0 fully saturated rings. The molecule has 0 aliphatic carbocycles. The third-order valence-corrected chi connectivity index (χ3v) is 6.54. The lowest BCUT2D eigenvalue weighted by Crippen LogP contribution is -1.94. The summed E-state index contributed by atoms with van der Waals surface area (Å²) in [4.78, 5) is 0. The van der Waals surface area contributed by atoms with Crippen LogP contribution in [0.3, 0.4) is 0 Å². The van der Waals surface area contributed by atoms with Crippen LogP contribution in [-0.2, 0) is 0 Å². The van der Waals surface area contributed by atoms with Gasteiger partial charge in [-0.1, -0.05) is 84.9 Å². The van der Waals surface area contributed by atoms with Gasteiger partial charge < -0.3 is 4.74 Å². The highest BCUT2D eigenvalue weighted by Gasteiger charge is 2.13. The molecule has 4 rings (SSSR count). The van der Waals surface area contributed by atoms with Gasteiger partial charge in [0.2, 0.25) is 0 Å². The number of hydrogen-bond donors (Lipinski definition) is 0. The molecule has 0 heterocycles. The Labute approximate surface area is 186 Å². The van der Waals surface area contributed by atoms with Gasteiger partial charge in [0.05, 0.1) is 7.14 Å². The number of hydrogen-bond acceptors (Lipinski definition) is 1. The van der Waals surface area contributed by atoms with E-state index in [1.54, 1.807) is 0 Å². The standard InChI is InChI=1S/C24H16I2O/c25-23-19(17-9-3-1-4-10-17)13-7-15-21(23)27-22-16-8-14-20(24(22)26)18-11-5-2-6-12-18/h1-16H. The minimum Gasteiger partial charge on any atom is -0.455 e. The lowest BCUT2D eigenvalue weighted by atomic mass is 10.1. The lowest BCUT2D eigenvalue weighted by molar-refractivity contribution is 0.476. The Balaban J connectivity index is 1.72. The Kier molecular flexibility index (Phi) is 5.78. The maximum absolute atomic E-state index is 6.35. The fourth-order valence-electron chi connectivity index (χ4n) is 2.98. The van der Waals surface area contributed by atoms with Crippen LogP contribution in [0.15, 0.2) is 97.1 Å². The molecule has 3 heteroatoms. The Morgan fingerprint density at radius 1 is 0.444 bits per heavy atom. The molecule has 0 radical (unpaired) electrons. The average molecular weight is 574 g/mol. The van der Waals surface area contributed by atoms with Crippen molar-refractivity contribution in [1.29, 1.82) is 0 Å². The van der Waals surface area contributed by atoms with E-state index in [4.69, 9.17) is 4.74 Å². The molecule has 0 atom stereocenters. The summed E-state index contributed by atoms with van der Waals surface area (Å²) in [5.41, 5.74) is 4.76. The van der Waals surface area contributed by atoms with E-state index in [-0.39, 0.29) is 0 Å². The second-order valence-electron chi connectivity index (χ2n) is 6.07. The fraction of sp³-hybridized carbons (Fsp3) is 0. The molecule has 0 saturated carbocycles. The van der Waals surface area contributed by atoms with Crippen molar-refractivity contribution in [2.75, 3.05) is 0 Å². The van der Waals surface area contributed by atoms with Crippen LogP contribution >= 0.6 is 45.2 Å². The topological polar surface area (TPSA) is 9.23 Å². The van der Waals surface area contributed by atoms with E-state index >= 15 is 0 Å². The fourth-order valence-corrected chi connectivity index (χ4v) is 4.54. The van der Waals surface area contributed by atoms with Crippen molar-refractivity contribution >= 4 is 45.2 Å². The van der Waals surface area contributed by atoms with Crippen LogP contribution in [0.4, 0.5) is 0 Å². The second kappa shape index (κ2) is 8.44. The molecule has 0 bridgehead atoms. The van der Waals surface area contributed by atoms with Gasteiger partial charge in [-0.25, -0.2) is 0 Å². The van der Waals surface area contributed by atoms with Gasteiger partial charge in [-0.3, -0.25) is 0 Å². The molecular formula is C24H16I2O. The first-order valence-corrected chi connectivity index (χ1v) is 10.8. The molecule has 0 aliphatic rings. The third-order valence-electron chi connectivity index (χ3n) is 4.32. The molecule has 0 aliphatic heterocycles. The molecule has 0 N–H and O–H groups in total. The molecule has 0 aromatic heterocycles. The first-order valence-electron chi connectivity index (χ1n) is 8.60. The molecule has 0 spiro atoms. The van der Waals surface area contributed by atoms with Gasteiger partial charge in [0.25, 0.3) is 0 Å². The maximum Gasteiger partial charge on any atom is 0.141 e. The van der Waals surface area contributed by atoms with Crippen molar-refractivity contribution in [1.82, 2.24) is 0 Å². The second-order valence-corrected chi connectivity index (χ2v) is 8.23. The minimum atomic E-state index is 0.875. The van der Waals surface area contributed by atoms with Crippen LogP contribution in [0.25, 0.3) is 22.3 Å². The number of halogens is 2. The van der Waals surface area contributed by atoms with E-state index in [9.17, 15) is 0 Å². The van der Waals surface area contributed by atoms with Crippen LogP contribution in [0.1, 0.15) is 0 Å². The number of benzene rings is 4. The predicted molar refractivity (Wildman–Crippen MR) is 129 cm³/mol. The monoisotopic (exact) mass is 574 g/mol. The summed E-state index contributed by atoms with van der Waals surface area (Å²) in [6.07, 6.45) is 0. The van der Waals surface area contributed by atoms with Gasteiger partial charge in [-0.2, -0.15) is 0 Å². The average Bonchev–Trinajstić information content (AvgIpc) is 2.72. The zero-order valence-corrected chi connectivity index (χ0v) is 18.7. The third kappa shape index (κ3) is 4.04. The van der Waals surface area contributed by atoms with E-state index in [0.29, 0.717) is 0 Å². The normalized spacial score (nSPS) is 10.6. The highest BCUT2D eigenvalue weighted by Crippen LogP contribution is 2.38. The van der Waals surface area contributed by atoms with E-state index in [0.717, 1.165) is 18.6 Å².